The number of aryl methyl sites for hydroxylation is 2. The van der Waals surface area contributed by atoms with E-state index in [0.717, 1.165) is 45.4 Å². The second-order valence-electron chi connectivity index (χ2n) is 8.05. The average molecular weight is 379 g/mol. The normalized spacial score (nSPS) is 15.5. The highest BCUT2D eigenvalue weighted by Gasteiger charge is 2.27. The van der Waals surface area contributed by atoms with Crippen LogP contribution in [0, 0.1) is 13.8 Å². The van der Waals surface area contributed by atoms with E-state index < -0.39 is 0 Å². The van der Waals surface area contributed by atoms with E-state index >= 15 is 0 Å². The third-order valence-corrected chi connectivity index (χ3v) is 6.14. The first kappa shape index (κ1) is 20.6. The Bertz CT molecular complexity index is 743. The minimum absolute atomic E-state index is 0.276. The van der Waals surface area contributed by atoms with Gasteiger partial charge in [-0.1, -0.05) is 55.5 Å². The number of likely N-dealkylation sites (tertiary alicyclic amines) is 1. The van der Waals surface area contributed by atoms with Crippen LogP contribution >= 0.6 is 0 Å². The summed E-state index contributed by atoms with van der Waals surface area (Å²) >= 11 is 0. The van der Waals surface area contributed by atoms with Crippen molar-refractivity contribution in [3.05, 3.63) is 70.8 Å². The summed E-state index contributed by atoms with van der Waals surface area (Å²) in [6, 6.07) is 17.3. The molecule has 2 aromatic carbocycles. The maximum Gasteiger partial charge on any atom is 0.222 e. The molecule has 3 nitrogen and oxygen atoms in total. The fourth-order valence-corrected chi connectivity index (χ4v) is 4.37. The van der Waals surface area contributed by atoms with Crippen molar-refractivity contribution < 1.29 is 4.79 Å². The van der Waals surface area contributed by atoms with Gasteiger partial charge in [0.25, 0.3) is 0 Å². The lowest BCUT2D eigenvalue weighted by Gasteiger charge is -2.39. The third-order valence-electron chi connectivity index (χ3n) is 6.14. The molecule has 1 aliphatic heterocycles. The molecule has 28 heavy (non-hydrogen) atoms. The van der Waals surface area contributed by atoms with Gasteiger partial charge in [0.1, 0.15) is 0 Å². The summed E-state index contributed by atoms with van der Waals surface area (Å²) < 4.78 is 0. The summed E-state index contributed by atoms with van der Waals surface area (Å²) in [4.78, 5) is 17.3. The van der Waals surface area contributed by atoms with Crippen LogP contribution in [0.5, 0.6) is 0 Å². The monoisotopic (exact) mass is 378 g/mol. The molecule has 150 valence electrons. The second kappa shape index (κ2) is 9.88. The van der Waals surface area contributed by atoms with Crippen LogP contribution < -0.4 is 0 Å². The zero-order valence-corrected chi connectivity index (χ0v) is 17.7. The number of benzene rings is 2. The number of carbonyl (C=O) groups is 1. The smallest absolute Gasteiger partial charge is 0.222 e. The van der Waals surface area contributed by atoms with E-state index in [4.69, 9.17) is 0 Å². The fourth-order valence-electron chi connectivity index (χ4n) is 4.37. The van der Waals surface area contributed by atoms with E-state index in [1.54, 1.807) is 0 Å². The Morgan fingerprint density at radius 2 is 1.64 bits per heavy atom. The summed E-state index contributed by atoms with van der Waals surface area (Å²) in [7, 11) is 0. The first-order chi connectivity index (χ1) is 13.6. The highest BCUT2D eigenvalue weighted by Crippen LogP contribution is 2.21. The molecule has 0 bridgehead atoms. The van der Waals surface area contributed by atoms with Crippen LogP contribution in [-0.4, -0.2) is 41.4 Å². The number of carbonyl (C=O) groups excluding carboxylic acids is 1. The minimum Gasteiger partial charge on any atom is -0.335 e. The molecule has 3 heteroatoms. The first-order valence-electron chi connectivity index (χ1n) is 10.7. The quantitative estimate of drug-likeness (QED) is 0.694. The largest absolute Gasteiger partial charge is 0.335 e. The van der Waals surface area contributed by atoms with E-state index in [0.29, 0.717) is 12.5 Å². The van der Waals surface area contributed by atoms with Crippen molar-refractivity contribution in [2.24, 2.45) is 0 Å². The lowest BCUT2D eigenvalue weighted by atomic mass is 9.98. The zero-order valence-electron chi connectivity index (χ0n) is 17.7. The molecule has 0 aromatic heterocycles. The zero-order chi connectivity index (χ0) is 19.9. The molecule has 0 saturated carbocycles. The van der Waals surface area contributed by atoms with Gasteiger partial charge in [0.15, 0.2) is 0 Å². The predicted molar refractivity (Wildman–Crippen MR) is 116 cm³/mol. The van der Waals surface area contributed by atoms with Crippen LogP contribution in [0.1, 0.15) is 48.4 Å². The SMILES string of the molecule is CCC(=O)N(Cc1ccccc1)C1CCN(CCc2c(C)cccc2C)CC1. The van der Waals surface area contributed by atoms with Crippen LogP contribution in [0.2, 0.25) is 0 Å². The van der Waals surface area contributed by atoms with Crippen molar-refractivity contribution in [3.8, 4) is 0 Å². The van der Waals surface area contributed by atoms with E-state index in [9.17, 15) is 4.79 Å². The fraction of sp³-hybridized carbons (Fsp3) is 0.480. The van der Waals surface area contributed by atoms with Gasteiger partial charge in [-0.05, 0) is 55.4 Å². The molecule has 0 radical (unpaired) electrons. The molecular formula is C25H34N2O. The van der Waals surface area contributed by atoms with Crippen molar-refractivity contribution in [3.63, 3.8) is 0 Å². The third kappa shape index (κ3) is 5.23. The molecule has 0 aliphatic carbocycles. The summed E-state index contributed by atoms with van der Waals surface area (Å²) in [6.45, 7) is 10.4. The molecular weight excluding hydrogens is 344 g/mol. The summed E-state index contributed by atoms with van der Waals surface area (Å²) in [5.74, 6) is 0.276. The first-order valence-corrected chi connectivity index (χ1v) is 10.7. The lowest BCUT2D eigenvalue weighted by molar-refractivity contribution is -0.135. The number of hydrogen-bond donors (Lipinski definition) is 0. The van der Waals surface area contributed by atoms with Gasteiger partial charge in [0.05, 0.1) is 0 Å². The topological polar surface area (TPSA) is 23.6 Å². The Hall–Kier alpha value is -2.13. The van der Waals surface area contributed by atoms with Crippen LogP contribution in [0.15, 0.2) is 48.5 Å². The second-order valence-corrected chi connectivity index (χ2v) is 8.05. The maximum atomic E-state index is 12.6. The van der Waals surface area contributed by atoms with E-state index in [2.05, 4.69) is 66.1 Å². The summed E-state index contributed by atoms with van der Waals surface area (Å²) in [6.07, 6.45) is 3.85. The molecule has 0 spiro atoms. The van der Waals surface area contributed by atoms with Crippen LogP contribution in [0.25, 0.3) is 0 Å². The highest BCUT2D eigenvalue weighted by atomic mass is 16.2. The van der Waals surface area contributed by atoms with Crippen LogP contribution in [0.4, 0.5) is 0 Å². The summed E-state index contributed by atoms with van der Waals surface area (Å²) in [5.41, 5.74) is 5.52. The van der Waals surface area contributed by atoms with Crippen molar-refractivity contribution in [2.75, 3.05) is 19.6 Å². The molecule has 2 aromatic rings. The van der Waals surface area contributed by atoms with Gasteiger partial charge >= 0.3 is 0 Å². The Morgan fingerprint density at radius 3 is 2.25 bits per heavy atom. The number of rotatable bonds is 7. The molecule has 1 amide bonds. The Labute approximate surface area is 170 Å². The molecule has 0 atom stereocenters. The molecule has 1 saturated heterocycles. The summed E-state index contributed by atoms with van der Waals surface area (Å²) in [5, 5.41) is 0. The van der Waals surface area contributed by atoms with E-state index in [1.807, 2.05) is 13.0 Å². The maximum absolute atomic E-state index is 12.6. The molecule has 1 aliphatic rings. The van der Waals surface area contributed by atoms with Gasteiger partial charge in [0.2, 0.25) is 5.91 Å². The molecule has 0 unspecified atom stereocenters. The van der Waals surface area contributed by atoms with Crippen LogP contribution in [-0.2, 0) is 17.8 Å². The molecule has 0 N–H and O–H groups in total. The van der Waals surface area contributed by atoms with Crippen molar-refractivity contribution in [1.29, 1.82) is 0 Å². The molecule has 1 heterocycles. The van der Waals surface area contributed by atoms with E-state index in [1.165, 1.54) is 22.3 Å². The number of piperidine rings is 1. The van der Waals surface area contributed by atoms with Crippen molar-refractivity contribution in [1.82, 2.24) is 9.80 Å². The van der Waals surface area contributed by atoms with Crippen molar-refractivity contribution >= 4 is 5.91 Å². The average Bonchev–Trinajstić information content (AvgIpc) is 2.72. The van der Waals surface area contributed by atoms with Gasteiger partial charge in [-0.3, -0.25) is 4.79 Å². The van der Waals surface area contributed by atoms with Gasteiger partial charge in [-0.25, -0.2) is 0 Å². The van der Waals surface area contributed by atoms with Gasteiger partial charge in [-0.2, -0.15) is 0 Å². The highest BCUT2D eigenvalue weighted by molar-refractivity contribution is 5.76. The van der Waals surface area contributed by atoms with Gasteiger partial charge in [-0.15, -0.1) is 0 Å². The number of hydrogen-bond acceptors (Lipinski definition) is 2. The number of nitrogens with zero attached hydrogens (tertiary/aromatic N) is 2. The minimum atomic E-state index is 0.276. The standard InChI is InChI=1S/C25H34N2O/c1-4-25(28)27(19-22-11-6-5-7-12-22)23-13-16-26(17-14-23)18-15-24-20(2)9-8-10-21(24)3/h5-12,23H,4,13-19H2,1-3H3. The van der Waals surface area contributed by atoms with Crippen molar-refractivity contribution in [2.45, 2.75) is 59.0 Å². The predicted octanol–water partition coefficient (Wildman–Crippen LogP) is 4.75. The molecule has 1 fully saturated rings. The Balaban J connectivity index is 1.55. The van der Waals surface area contributed by atoms with Gasteiger partial charge in [0, 0.05) is 38.6 Å². The number of amides is 1. The van der Waals surface area contributed by atoms with Gasteiger partial charge < -0.3 is 9.80 Å². The Morgan fingerprint density at radius 1 is 1.00 bits per heavy atom. The molecule has 3 rings (SSSR count). The Kier molecular flexibility index (Phi) is 7.27. The van der Waals surface area contributed by atoms with Crippen LogP contribution in [0.3, 0.4) is 0 Å². The lowest BCUT2D eigenvalue weighted by Crippen LogP contribution is -2.47. The van der Waals surface area contributed by atoms with E-state index in [-0.39, 0.29) is 5.91 Å².